The lowest BCUT2D eigenvalue weighted by molar-refractivity contribution is -0.137. The Hall–Kier alpha value is -2.89. The summed E-state index contributed by atoms with van der Waals surface area (Å²) in [5, 5.41) is 10.3. The van der Waals surface area contributed by atoms with Crippen LogP contribution in [0, 0.1) is 0 Å². The molecule has 0 aliphatic carbocycles. The van der Waals surface area contributed by atoms with E-state index < -0.39 is 24.3 Å². The largest absolute Gasteiger partial charge is 0.480 e. The number of anilines is 1. The van der Waals surface area contributed by atoms with Crippen LogP contribution in [0.2, 0.25) is 0 Å². The molecular weight excluding hydrogens is 284 g/mol. The molecule has 1 heterocycles. The van der Waals surface area contributed by atoms with Crippen LogP contribution in [0.25, 0.3) is 10.8 Å². The van der Waals surface area contributed by atoms with Crippen molar-refractivity contribution in [1.29, 1.82) is 0 Å². The van der Waals surface area contributed by atoms with Crippen molar-refractivity contribution in [3.8, 4) is 0 Å². The molecule has 0 atom stereocenters. The van der Waals surface area contributed by atoms with Gasteiger partial charge in [-0.05, 0) is 18.2 Å². The van der Waals surface area contributed by atoms with Gasteiger partial charge in [-0.15, -0.1) is 0 Å². The Kier molecular flexibility index (Phi) is 3.09. The molecule has 2 amide bonds. The van der Waals surface area contributed by atoms with Crippen molar-refractivity contribution in [2.24, 2.45) is 0 Å². The van der Waals surface area contributed by atoms with Gasteiger partial charge in [0, 0.05) is 41.7 Å². The number of amides is 2. The number of hydrogen-bond acceptors (Lipinski definition) is 4. The highest BCUT2D eigenvalue weighted by Gasteiger charge is 2.34. The van der Waals surface area contributed by atoms with E-state index in [1.54, 1.807) is 24.3 Å². The predicted molar refractivity (Wildman–Crippen MR) is 81.3 cm³/mol. The van der Waals surface area contributed by atoms with Gasteiger partial charge in [0.15, 0.2) is 0 Å². The van der Waals surface area contributed by atoms with Crippen molar-refractivity contribution in [3.63, 3.8) is 0 Å². The second-order valence-electron chi connectivity index (χ2n) is 5.34. The molecule has 0 aromatic heterocycles. The second kappa shape index (κ2) is 4.84. The van der Waals surface area contributed by atoms with E-state index in [1.807, 2.05) is 25.1 Å². The standard InChI is InChI=1S/C16H14N2O4/c1-17(2)12-7-6-11-14-9(12)4-3-5-10(14)15(21)18(16(11)22)8-13(19)20/h3-7H,8H2,1-2H3,(H,19,20). The molecule has 1 N–H and O–H groups in total. The van der Waals surface area contributed by atoms with E-state index in [4.69, 9.17) is 5.11 Å². The molecule has 3 rings (SSSR count). The van der Waals surface area contributed by atoms with Crippen LogP contribution < -0.4 is 4.90 Å². The molecule has 0 unspecified atom stereocenters. The summed E-state index contributed by atoms with van der Waals surface area (Å²) in [4.78, 5) is 38.5. The zero-order valence-corrected chi connectivity index (χ0v) is 12.2. The number of nitrogens with zero attached hydrogens (tertiary/aromatic N) is 2. The Balaban J connectivity index is 2.30. The molecule has 0 saturated heterocycles. The van der Waals surface area contributed by atoms with Gasteiger partial charge in [0.25, 0.3) is 11.8 Å². The summed E-state index contributed by atoms with van der Waals surface area (Å²) in [7, 11) is 3.76. The summed E-state index contributed by atoms with van der Waals surface area (Å²) in [5.74, 6) is -2.36. The fraction of sp³-hybridized carbons (Fsp3) is 0.188. The number of benzene rings is 2. The van der Waals surface area contributed by atoms with Gasteiger partial charge in [-0.25, -0.2) is 0 Å². The quantitative estimate of drug-likeness (QED) is 0.871. The Labute approximate surface area is 126 Å². The van der Waals surface area contributed by atoms with E-state index in [0.717, 1.165) is 16.0 Å². The third-order valence-corrected chi connectivity index (χ3v) is 3.74. The minimum atomic E-state index is -1.22. The molecule has 0 bridgehead atoms. The normalized spacial score (nSPS) is 13.6. The molecular formula is C16H14N2O4. The Morgan fingerprint density at radius 1 is 1.09 bits per heavy atom. The number of rotatable bonds is 3. The van der Waals surface area contributed by atoms with Gasteiger partial charge >= 0.3 is 5.97 Å². The average molecular weight is 298 g/mol. The maximum Gasteiger partial charge on any atom is 0.323 e. The van der Waals surface area contributed by atoms with Gasteiger partial charge in [0.05, 0.1) is 0 Å². The van der Waals surface area contributed by atoms with Crippen LogP contribution in [-0.4, -0.2) is 48.4 Å². The lowest BCUT2D eigenvalue weighted by atomic mass is 9.93. The fourth-order valence-corrected chi connectivity index (χ4v) is 2.80. The number of carbonyl (C=O) groups is 3. The van der Waals surface area contributed by atoms with Gasteiger partial charge in [0.2, 0.25) is 0 Å². The summed E-state index contributed by atoms with van der Waals surface area (Å²) in [6, 6.07) is 8.65. The first-order chi connectivity index (χ1) is 10.4. The number of carboxylic acid groups (broad SMARTS) is 1. The Morgan fingerprint density at radius 3 is 2.32 bits per heavy atom. The van der Waals surface area contributed by atoms with Crippen LogP contribution >= 0.6 is 0 Å². The third kappa shape index (κ3) is 1.92. The van der Waals surface area contributed by atoms with Crippen molar-refractivity contribution >= 4 is 34.2 Å². The van der Waals surface area contributed by atoms with Gasteiger partial charge in [-0.1, -0.05) is 12.1 Å². The maximum atomic E-state index is 12.5. The van der Waals surface area contributed by atoms with Crippen molar-refractivity contribution < 1.29 is 19.5 Å². The van der Waals surface area contributed by atoms with E-state index in [9.17, 15) is 14.4 Å². The molecule has 6 nitrogen and oxygen atoms in total. The number of imide groups is 1. The van der Waals surface area contributed by atoms with Gasteiger partial charge < -0.3 is 10.0 Å². The fourth-order valence-electron chi connectivity index (χ4n) is 2.80. The molecule has 1 aliphatic rings. The number of carboxylic acids is 1. The summed E-state index contributed by atoms with van der Waals surface area (Å²) >= 11 is 0. The summed E-state index contributed by atoms with van der Waals surface area (Å²) in [5.41, 5.74) is 1.61. The van der Waals surface area contributed by atoms with Crippen LogP contribution in [0.1, 0.15) is 20.7 Å². The zero-order valence-electron chi connectivity index (χ0n) is 12.2. The molecule has 2 aromatic rings. The molecule has 112 valence electrons. The zero-order chi connectivity index (χ0) is 16.0. The molecule has 1 aliphatic heterocycles. The first kappa shape index (κ1) is 14.1. The smallest absolute Gasteiger partial charge is 0.323 e. The van der Waals surface area contributed by atoms with Crippen LogP contribution in [0.3, 0.4) is 0 Å². The molecule has 0 fully saturated rings. The van der Waals surface area contributed by atoms with Crippen molar-refractivity contribution in [2.75, 3.05) is 25.5 Å². The van der Waals surface area contributed by atoms with E-state index >= 15 is 0 Å². The number of hydrogen-bond donors (Lipinski definition) is 1. The first-order valence-electron chi connectivity index (χ1n) is 6.73. The van der Waals surface area contributed by atoms with Crippen molar-refractivity contribution in [1.82, 2.24) is 4.90 Å². The number of carbonyl (C=O) groups excluding carboxylic acids is 2. The van der Waals surface area contributed by atoms with Crippen molar-refractivity contribution in [2.45, 2.75) is 0 Å². The highest BCUT2D eigenvalue weighted by Crippen LogP contribution is 2.35. The van der Waals surface area contributed by atoms with Gasteiger partial charge in [-0.3, -0.25) is 19.3 Å². The molecule has 6 heteroatoms. The third-order valence-electron chi connectivity index (χ3n) is 3.74. The predicted octanol–water partition coefficient (Wildman–Crippen LogP) is 1.59. The monoisotopic (exact) mass is 298 g/mol. The maximum absolute atomic E-state index is 12.5. The second-order valence-corrected chi connectivity index (χ2v) is 5.34. The van der Waals surface area contributed by atoms with E-state index in [1.165, 1.54) is 0 Å². The molecule has 0 spiro atoms. The molecule has 0 radical (unpaired) electrons. The molecule has 22 heavy (non-hydrogen) atoms. The minimum absolute atomic E-state index is 0.358. The lowest BCUT2D eigenvalue weighted by Crippen LogP contribution is -2.43. The first-order valence-corrected chi connectivity index (χ1v) is 6.73. The van der Waals surface area contributed by atoms with Gasteiger partial charge in [0.1, 0.15) is 6.54 Å². The molecule has 0 saturated carbocycles. The Bertz CT molecular complexity index is 804. The van der Waals surface area contributed by atoms with Crippen LogP contribution in [0.5, 0.6) is 0 Å². The summed E-state index contributed by atoms with van der Waals surface area (Å²) in [6.45, 7) is -0.636. The summed E-state index contributed by atoms with van der Waals surface area (Å²) in [6.07, 6.45) is 0. The van der Waals surface area contributed by atoms with Crippen molar-refractivity contribution in [3.05, 3.63) is 41.5 Å². The highest BCUT2D eigenvalue weighted by molar-refractivity contribution is 6.27. The van der Waals surface area contributed by atoms with Gasteiger partial charge in [-0.2, -0.15) is 0 Å². The summed E-state index contributed by atoms with van der Waals surface area (Å²) < 4.78 is 0. The van der Waals surface area contributed by atoms with Crippen LogP contribution in [0.15, 0.2) is 30.3 Å². The minimum Gasteiger partial charge on any atom is -0.480 e. The van der Waals surface area contributed by atoms with Crippen LogP contribution in [-0.2, 0) is 4.79 Å². The SMILES string of the molecule is CN(C)c1ccc2c3c(cccc13)C(=O)N(CC(=O)O)C2=O. The Morgan fingerprint density at radius 2 is 1.73 bits per heavy atom. The lowest BCUT2D eigenvalue weighted by Gasteiger charge is -2.27. The molecule has 2 aromatic carbocycles. The van der Waals surface area contributed by atoms with E-state index in [-0.39, 0.29) is 0 Å². The van der Waals surface area contributed by atoms with E-state index in [2.05, 4.69) is 0 Å². The topological polar surface area (TPSA) is 77.9 Å². The number of aliphatic carboxylic acids is 1. The highest BCUT2D eigenvalue weighted by atomic mass is 16.4. The average Bonchev–Trinajstić information content (AvgIpc) is 2.48. The van der Waals surface area contributed by atoms with Crippen LogP contribution in [0.4, 0.5) is 5.69 Å². The van der Waals surface area contributed by atoms with E-state index in [0.29, 0.717) is 16.5 Å².